The third-order valence-corrected chi connectivity index (χ3v) is 5.06. The van der Waals surface area contributed by atoms with Crippen molar-refractivity contribution in [2.24, 2.45) is 5.14 Å². The topological polar surface area (TPSA) is 72.2 Å². The number of nitrogens with two attached hydrogens (primary N) is 1. The lowest BCUT2D eigenvalue weighted by molar-refractivity contribution is 0.597. The van der Waals surface area contributed by atoms with Crippen molar-refractivity contribution < 1.29 is 8.42 Å². The SMILES string of the molecule is NS(=O)(=O)c1ccc(CNCc2ccc(Br)c(Cl)c2)cc1. The average molecular weight is 390 g/mol. The molecule has 0 saturated heterocycles. The molecule has 0 heterocycles. The molecule has 0 aliphatic rings. The van der Waals surface area contributed by atoms with Crippen LogP contribution in [-0.2, 0) is 23.1 Å². The third-order valence-electron chi connectivity index (χ3n) is 2.89. The van der Waals surface area contributed by atoms with Gasteiger partial charge in [0.1, 0.15) is 0 Å². The minimum Gasteiger partial charge on any atom is -0.309 e. The Bertz CT molecular complexity index is 733. The summed E-state index contributed by atoms with van der Waals surface area (Å²) in [7, 11) is -3.63. The smallest absolute Gasteiger partial charge is 0.238 e. The second-order valence-electron chi connectivity index (χ2n) is 4.54. The van der Waals surface area contributed by atoms with Gasteiger partial charge in [0.05, 0.1) is 9.92 Å². The van der Waals surface area contributed by atoms with Crippen molar-refractivity contribution in [2.75, 3.05) is 0 Å². The molecule has 0 atom stereocenters. The van der Waals surface area contributed by atoms with E-state index in [0.29, 0.717) is 18.1 Å². The van der Waals surface area contributed by atoms with Gasteiger partial charge in [0.25, 0.3) is 0 Å². The highest BCUT2D eigenvalue weighted by Gasteiger charge is 2.06. The van der Waals surface area contributed by atoms with E-state index in [-0.39, 0.29) is 4.90 Å². The number of hydrogen-bond donors (Lipinski definition) is 2. The van der Waals surface area contributed by atoms with E-state index in [1.54, 1.807) is 12.1 Å². The fourth-order valence-electron chi connectivity index (χ4n) is 1.80. The molecule has 7 heteroatoms. The van der Waals surface area contributed by atoms with Crippen LogP contribution in [0, 0.1) is 0 Å². The molecule has 0 spiro atoms. The number of halogens is 2. The van der Waals surface area contributed by atoms with Crippen molar-refractivity contribution in [1.29, 1.82) is 0 Å². The lowest BCUT2D eigenvalue weighted by Gasteiger charge is -2.07. The van der Waals surface area contributed by atoms with Gasteiger partial charge in [-0.25, -0.2) is 13.6 Å². The van der Waals surface area contributed by atoms with Gasteiger partial charge in [-0.1, -0.05) is 29.8 Å². The molecule has 21 heavy (non-hydrogen) atoms. The lowest BCUT2D eigenvalue weighted by atomic mass is 10.2. The predicted octanol–water partition coefficient (Wildman–Crippen LogP) is 3.04. The Labute approximate surface area is 137 Å². The minimum absolute atomic E-state index is 0.117. The molecule has 0 aliphatic carbocycles. The molecule has 2 aromatic rings. The molecular weight excluding hydrogens is 376 g/mol. The van der Waals surface area contributed by atoms with E-state index in [0.717, 1.165) is 15.6 Å². The van der Waals surface area contributed by atoms with Crippen molar-refractivity contribution in [3.8, 4) is 0 Å². The van der Waals surface area contributed by atoms with Gasteiger partial charge in [0.15, 0.2) is 0 Å². The Kier molecular flexibility index (Phi) is 5.40. The first-order valence-electron chi connectivity index (χ1n) is 6.12. The Balaban J connectivity index is 1.93. The molecule has 0 saturated carbocycles. The summed E-state index contributed by atoms with van der Waals surface area (Å²) in [4.78, 5) is 0.117. The molecule has 112 valence electrons. The Morgan fingerprint density at radius 1 is 1.05 bits per heavy atom. The summed E-state index contributed by atoms with van der Waals surface area (Å²) in [6, 6.07) is 12.3. The fourth-order valence-corrected chi connectivity index (χ4v) is 2.76. The third kappa shape index (κ3) is 4.79. The van der Waals surface area contributed by atoms with Crippen LogP contribution in [0.4, 0.5) is 0 Å². The molecule has 0 unspecified atom stereocenters. The van der Waals surface area contributed by atoms with Crippen LogP contribution >= 0.6 is 27.5 Å². The monoisotopic (exact) mass is 388 g/mol. The summed E-state index contributed by atoms with van der Waals surface area (Å²) in [5.41, 5.74) is 2.05. The zero-order valence-corrected chi connectivity index (χ0v) is 14.2. The van der Waals surface area contributed by atoms with Crippen LogP contribution in [0.2, 0.25) is 5.02 Å². The van der Waals surface area contributed by atoms with Crippen LogP contribution in [0.3, 0.4) is 0 Å². The van der Waals surface area contributed by atoms with Gasteiger partial charge in [0, 0.05) is 17.6 Å². The number of sulfonamides is 1. The van der Waals surface area contributed by atoms with Crippen molar-refractivity contribution >= 4 is 37.6 Å². The zero-order chi connectivity index (χ0) is 15.5. The Morgan fingerprint density at radius 3 is 2.19 bits per heavy atom. The molecule has 0 radical (unpaired) electrons. The molecular formula is C14H14BrClN2O2S. The maximum absolute atomic E-state index is 11.1. The van der Waals surface area contributed by atoms with Gasteiger partial charge >= 0.3 is 0 Å². The van der Waals surface area contributed by atoms with E-state index >= 15 is 0 Å². The van der Waals surface area contributed by atoms with Gasteiger partial charge in [-0.15, -0.1) is 0 Å². The van der Waals surface area contributed by atoms with Crippen molar-refractivity contribution in [3.63, 3.8) is 0 Å². The summed E-state index contributed by atoms with van der Waals surface area (Å²) in [6.07, 6.45) is 0. The first kappa shape index (κ1) is 16.5. The van der Waals surface area contributed by atoms with Crippen LogP contribution in [0.25, 0.3) is 0 Å². The van der Waals surface area contributed by atoms with Gasteiger partial charge in [-0.05, 0) is 51.3 Å². The van der Waals surface area contributed by atoms with Crippen molar-refractivity contribution in [3.05, 3.63) is 63.1 Å². The maximum Gasteiger partial charge on any atom is 0.238 e. The second-order valence-corrected chi connectivity index (χ2v) is 7.36. The van der Waals surface area contributed by atoms with E-state index in [1.165, 1.54) is 12.1 Å². The van der Waals surface area contributed by atoms with Gasteiger partial charge in [0.2, 0.25) is 10.0 Å². The molecule has 0 amide bonds. The van der Waals surface area contributed by atoms with E-state index < -0.39 is 10.0 Å². The van der Waals surface area contributed by atoms with Crippen molar-refractivity contribution in [2.45, 2.75) is 18.0 Å². The van der Waals surface area contributed by atoms with E-state index in [4.69, 9.17) is 16.7 Å². The maximum atomic E-state index is 11.1. The minimum atomic E-state index is -3.63. The standard InChI is InChI=1S/C14H14BrClN2O2S/c15-13-6-3-11(7-14(13)16)9-18-8-10-1-4-12(5-2-10)21(17,19)20/h1-7,18H,8-9H2,(H2,17,19,20). The van der Waals surface area contributed by atoms with Crippen LogP contribution in [0.5, 0.6) is 0 Å². The van der Waals surface area contributed by atoms with E-state index in [9.17, 15) is 8.42 Å². The molecule has 0 fully saturated rings. The van der Waals surface area contributed by atoms with Gasteiger partial charge < -0.3 is 5.32 Å². The van der Waals surface area contributed by atoms with Crippen LogP contribution in [0.1, 0.15) is 11.1 Å². The highest BCUT2D eigenvalue weighted by atomic mass is 79.9. The molecule has 2 aromatic carbocycles. The molecule has 4 nitrogen and oxygen atoms in total. The first-order valence-corrected chi connectivity index (χ1v) is 8.84. The highest BCUT2D eigenvalue weighted by Crippen LogP contribution is 2.23. The van der Waals surface area contributed by atoms with E-state index in [1.807, 2.05) is 18.2 Å². The average Bonchev–Trinajstić information content (AvgIpc) is 2.42. The lowest BCUT2D eigenvalue weighted by Crippen LogP contribution is -2.14. The summed E-state index contributed by atoms with van der Waals surface area (Å²) in [5.74, 6) is 0. The Morgan fingerprint density at radius 2 is 1.62 bits per heavy atom. The summed E-state index contributed by atoms with van der Waals surface area (Å²) in [6.45, 7) is 1.29. The number of hydrogen-bond acceptors (Lipinski definition) is 3. The summed E-state index contributed by atoms with van der Waals surface area (Å²) in [5, 5.41) is 8.99. The van der Waals surface area contributed by atoms with E-state index in [2.05, 4.69) is 21.2 Å². The quantitative estimate of drug-likeness (QED) is 0.825. The molecule has 0 aliphatic heterocycles. The summed E-state index contributed by atoms with van der Waals surface area (Å²) >= 11 is 9.37. The Hall–Kier alpha value is -0.920. The van der Waals surface area contributed by atoms with Gasteiger partial charge in [-0.3, -0.25) is 0 Å². The number of benzene rings is 2. The number of rotatable bonds is 5. The molecule has 3 N–H and O–H groups in total. The second kappa shape index (κ2) is 6.89. The fraction of sp³-hybridized carbons (Fsp3) is 0.143. The number of primary sulfonamides is 1. The normalized spacial score (nSPS) is 11.6. The van der Waals surface area contributed by atoms with Crippen molar-refractivity contribution in [1.82, 2.24) is 5.32 Å². The van der Waals surface area contributed by atoms with Crippen LogP contribution in [0.15, 0.2) is 51.8 Å². The van der Waals surface area contributed by atoms with Crippen LogP contribution < -0.4 is 10.5 Å². The molecule has 0 bridgehead atoms. The van der Waals surface area contributed by atoms with Crippen LogP contribution in [-0.4, -0.2) is 8.42 Å². The largest absolute Gasteiger partial charge is 0.309 e. The van der Waals surface area contributed by atoms with Gasteiger partial charge in [-0.2, -0.15) is 0 Å². The molecule has 2 rings (SSSR count). The summed E-state index contributed by atoms with van der Waals surface area (Å²) < 4.78 is 23.2. The highest BCUT2D eigenvalue weighted by molar-refractivity contribution is 9.10. The number of nitrogens with one attached hydrogen (secondary N) is 1. The first-order chi connectivity index (χ1) is 9.86. The zero-order valence-electron chi connectivity index (χ0n) is 11.0. The predicted molar refractivity (Wildman–Crippen MR) is 87.5 cm³/mol. The molecule has 0 aromatic heterocycles.